The molecule has 12 heavy (non-hydrogen) atoms. The minimum absolute atomic E-state index is 0.115. The SMILES string of the molecule is CC(=O)N(C)C1CC(C)OC1C. The summed E-state index contributed by atoms with van der Waals surface area (Å²) in [5, 5.41) is 0. The maximum Gasteiger partial charge on any atom is 0.219 e. The van der Waals surface area contributed by atoms with Gasteiger partial charge in [0.05, 0.1) is 18.2 Å². The molecule has 1 heterocycles. The summed E-state index contributed by atoms with van der Waals surface area (Å²) in [5.74, 6) is 0.115. The summed E-state index contributed by atoms with van der Waals surface area (Å²) in [4.78, 5) is 12.8. The van der Waals surface area contributed by atoms with Crippen molar-refractivity contribution in [3.63, 3.8) is 0 Å². The smallest absolute Gasteiger partial charge is 0.219 e. The largest absolute Gasteiger partial charge is 0.373 e. The van der Waals surface area contributed by atoms with Crippen LogP contribution in [-0.4, -0.2) is 36.1 Å². The topological polar surface area (TPSA) is 29.5 Å². The van der Waals surface area contributed by atoms with Gasteiger partial charge >= 0.3 is 0 Å². The highest BCUT2D eigenvalue weighted by Gasteiger charge is 2.33. The van der Waals surface area contributed by atoms with Crippen LogP contribution in [0.2, 0.25) is 0 Å². The standard InChI is InChI=1S/C9H17NO2/c1-6-5-9(7(2)12-6)10(4)8(3)11/h6-7,9H,5H2,1-4H3. The second-order valence-electron chi connectivity index (χ2n) is 3.58. The fourth-order valence-corrected chi connectivity index (χ4v) is 1.75. The van der Waals surface area contributed by atoms with E-state index in [1.807, 2.05) is 20.9 Å². The van der Waals surface area contributed by atoms with E-state index in [0.29, 0.717) is 0 Å². The summed E-state index contributed by atoms with van der Waals surface area (Å²) in [6, 6.07) is 0.262. The molecule has 3 unspecified atom stereocenters. The van der Waals surface area contributed by atoms with Gasteiger partial charge in [-0.1, -0.05) is 0 Å². The first-order valence-corrected chi connectivity index (χ1v) is 4.41. The van der Waals surface area contributed by atoms with Crippen molar-refractivity contribution in [2.75, 3.05) is 7.05 Å². The Bertz CT molecular complexity index is 181. The van der Waals surface area contributed by atoms with Crippen LogP contribution in [-0.2, 0) is 9.53 Å². The van der Waals surface area contributed by atoms with Crippen LogP contribution in [0.5, 0.6) is 0 Å². The van der Waals surface area contributed by atoms with E-state index in [2.05, 4.69) is 0 Å². The number of hydrogen-bond acceptors (Lipinski definition) is 2. The number of nitrogens with zero attached hydrogens (tertiary/aromatic N) is 1. The van der Waals surface area contributed by atoms with Crippen LogP contribution < -0.4 is 0 Å². The average molecular weight is 171 g/mol. The summed E-state index contributed by atoms with van der Waals surface area (Å²) in [6.45, 7) is 5.66. The number of rotatable bonds is 1. The quantitative estimate of drug-likeness (QED) is 0.589. The van der Waals surface area contributed by atoms with Crippen LogP contribution in [0.3, 0.4) is 0 Å². The monoisotopic (exact) mass is 171 g/mol. The lowest BCUT2D eigenvalue weighted by molar-refractivity contribution is -0.130. The van der Waals surface area contributed by atoms with Gasteiger partial charge < -0.3 is 9.64 Å². The van der Waals surface area contributed by atoms with Crippen molar-refractivity contribution < 1.29 is 9.53 Å². The first-order chi connectivity index (χ1) is 5.52. The van der Waals surface area contributed by atoms with Crippen LogP contribution in [0.1, 0.15) is 27.2 Å². The second kappa shape index (κ2) is 3.44. The van der Waals surface area contributed by atoms with Crippen molar-refractivity contribution in [2.45, 2.75) is 45.4 Å². The van der Waals surface area contributed by atoms with Crippen molar-refractivity contribution in [3.8, 4) is 0 Å². The third-order valence-corrected chi connectivity index (χ3v) is 2.56. The fraction of sp³-hybridized carbons (Fsp3) is 0.889. The Labute approximate surface area is 73.7 Å². The maximum absolute atomic E-state index is 11.1. The Morgan fingerprint density at radius 3 is 2.42 bits per heavy atom. The number of amides is 1. The van der Waals surface area contributed by atoms with Crippen molar-refractivity contribution in [3.05, 3.63) is 0 Å². The first kappa shape index (κ1) is 9.52. The summed E-state index contributed by atoms with van der Waals surface area (Å²) in [5.41, 5.74) is 0. The Hall–Kier alpha value is -0.570. The van der Waals surface area contributed by atoms with Crippen LogP contribution >= 0.6 is 0 Å². The van der Waals surface area contributed by atoms with E-state index in [9.17, 15) is 4.79 Å². The Morgan fingerprint density at radius 1 is 1.50 bits per heavy atom. The van der Waals surface area contributed by atoms with Gasteiger partial charge in [-0.15, -0.1) is 0 Å². The van der Waals surface area contributed by atoms with Crippen molar-refractivity contribution in [1.82, 2.24) is 4.90 Å². The number of ether oxygens (including phenoxy) is 1. The molecular formula is C9H17NO2. The van der Waals surface area contributed by atoms with Gasteiger partial charge in [0.25, 0.3) is 0 Å². The molecule has 0 aromatic heterocycles. The van der Waals surface area contributed by atoms with E-state index in [1.165, 1.54) is 0 Å². The molecule has 3 heteroatoms. The summed E-state index contributed by atoms with van der Waals surface area (Å²) < 4.78 is 5.55. The molecule has 1 fully saturated rings. The summed E-state index contributed by atoms with van der Waals surface area (Å²) >= 11 is 0. The Kier molecular flexibility index (Phi) is 2.73. The van der Waals surface area contributed by atoms with Gasteiger partial charge in [-0.25, -0.2) is 0 Å². The zero-order valence-corrected chi connectivity index (χ0v) is 8.20. The molecule has 3 nitrogen and oxygen atoms in total. The average Bonchev–Trinajstić information content (AvgIpc) is 2.28. The lowest BCUT2D eigenvalue weighted by Gasteiger charge is -2.25. The number of carbonyl (C=O) groups excluding carboxylic acids is 1. The van der Waals surface area contributed by atoms with E-state index >= 15 is 0 Å². The van der Waals surface area contributed by atoms with Crippen LogP contribution in [0.4, 0.5) is 0 Å². The summed E-state index contributed by atoms with van der Waals surface area (Å²) in [6.07, 6.45) is 1.41. The predicted octanol–water partition coefficient (Wildman–Crippen LogP) is 1.03. The van der Waals surface area contributed by atoms with Crippen LogP contribution in [0.25, 0.3) is 0 Å². The molecule has 0 bridgehead atoms. The molecule has 0 N–H and O–H groups in total. The maximum atomic E-state index is 11.1. The molecule has 0 radical (unpaired) electrons. The normalized spacial score (nSPS) is 35.2. The highest BCUT2D eigenvalue weighted by atomic mass is 16.5. The van der Waals surface area contributed by atoms with Crippen LogP contribution in [0.15, 0.2) is 0 Å². The molecule has 1 rings (SSSR count). The van der Waals surface area contributed by atoms with Gasteiger partial charge in [0.2, 0.25) is 5.91 Å². The van der Waals surface area contributed by atoms with E-state index in [4.69, 9.17) is 4.74 Å². The number of carbonyl (C=O) groups is 1. The molecule has 0 saturated carbocycles. The third-order valence-electron chi connectivity index (χ3n) is 2.56. The number of likely N-dealkylation sites (N-methyl/N-ethyl adjacent to an activating group) is 1. The first-order valence-electron chi connectivity index (χ1n) is 4.41. The number of hydrogen-bond donors (Lipinski definition) is 0. The molecule has 1 aliphatic rings. The minimum Gasteiger partial charge on any atom is -0.373 e. The van der Waals surface area contributed by atoms with E-state index in [-0.39, 0.29) is 24.2 Å². The highest BCUT2D eigenvalue weighted by molar-refractivity contribution is 5.73. The molecule has 70 valence electrons. The fourth-order valence-electron chi connectivity index (χ4n) is 1.75. The van der Waals surface area contributed by atoms with E-state index < -0.39 is 0 Å². The van der Waals surface area contributed by atoms with Gasteiger partial charge in [0.1, 0.15) is 0 Å². The van der Waals surface area contributed by atoms with Gasteiger partial charge in [0, 0.05) is 14.0 Å². The zero-order valence-electron chi connectivity index (χ0n) is 8.20. The molecule has 1 amide bonds. The molecule has 1 aliphatic heterocycles. The molecule has 1 saturated heterocycles. The zero-order chi connectivity index (χ0) is 9.30. The third kappa shape index (κ3) is 1.78. The summed E-state index contributed by atoms with van der Waals surface area (Å²) in [7, 11) is 1.84. The molecule has 0 aromatic rings. The van der Waals surface area contributed by atoms with Crippen molar-refractivity contribution >= 4 is 5.91 Å². The van der Waals surface area contributed by atoms with Crippen molar-refractivity contribution in [2.24, 2.45) is 0 Å². The van der Waals surface area contributed by atoms with Gasteiger partial charge in [0.15, 0.2) is 0 Å². The molecular weight excluding hydrogens is 154 g/mol. The molecule has 0 spiro atoms. The lowest BCUT2D eigenvalue weighted by atomic mass is 10.1. The Balaban J connectivity index is 2.57. The Morgan fingerprint density at radius 2 is 2.08 bits per heavy atom. The van der Waals surface area contributed by atoms with Gasteiger partial charge in [-0.05, 0) is 20.3 Å². The lowest BCUT2D eigenvalue weighted by Crippen LogP contribution is -2.39. The highest BCUT2D eigenvalue weighted by Crippen LogP contribution is 2.23. The van der Waals surface area contributed by atoms with Gasteiger partial charge in [-0.3, -0.25) is 4.79 Å². The molecule has 0 aliphatic carbocycles. The predicted molar refractivity (Wildman–Crippen MR) is 46.9 cm³/mol. The minimum atomic E-state index is 0.115. The van der Waals surface area contributed by atoms with Crippen molar-refractivity contribution in [1.29, 1.82) is 0 Å². The van der Waals surface area contributed by atoms with Crippen LogP contribution in [0, 0.1) is 0 Å². The van der Waals surface area contributed by atoms with E-state index in [1.54, 1.807) is 11.8 Å². The molecule has 0 aromatic carbocycles. The van der Waals surface area contributed by atoms with Gasteiger partial charge in [-0.2, -0.15) is 0 Å². The van der Waals surface area contributed by atoms with E-state index in [0.717, 1.165) is 6.42 Å². The molecule has 3 atom stereocenters. The second-order valence-corrected chi connectivity index (χ2v) is 3.58.